The molecule has 10 heteroatoms. The first-order valence-electron chi connectivity index (χ1n) is 6.94. The molecule has 9 nitrogen and oxygen atoms in total. The Bertz CT molecular complexity index is 1270. The summed E-state index contributed by atoms with van der Waals surface area (Å²) < 4.78 is 36.3. The standard InChI is InChI=1S/C15H12N2O7S/c1-16-8-12(14(19)17(2)15(16)20)25(21,22)24-10-5-3-9-4-6-13(18)23-11(9)7-10/h3-8H,1-2H3. The van der Waals surface area contributed by atoms with Crippen LogP contribution in [0.2, 0.25) is 0 Å². The van der Waals surface area contributed by atoms with Gasteiger partial charge in [0.2, 0.25) is 0 Å². The smallest absolute Gasteiger partial charge is 0.346 e. The summed E-state index contributed by atoms with van der Waals surface area (Å²) in [6, 6.07) is 6.82. The largest absolute Gasteiger partial charge is 0.423 e. The summed E-state index contributed by atoms with van der Waals surface area (Å²) >= 11 is 0. The van der Waals surface area contributed by atoms with Crippen LogP contribution in [0.3, 0.4) is 0 Å². The third-order valence-corrected chi connectivity index (χ3v) is 4.72. The van der Waals surface area contributed by atoms with Crippen molar-refractivity contribution in [1.29, 1.82) is 0 Å². The van der Waals surface area contributed by atoms with Gasteiger partial charge in [-0.1, -0.05) is 0 Å². The van der Waals surface area contributed by atoms with Crippen molar-refractivity contribution in [3.8, 4) is 5.75 Å². The maximum absolute atomic E-state index is 12.4. The predicted octanol–water partition coefficient (Wildman–Crippen LogP) is -0.0419. The second kappa shape index (κ2) is 5.74. The lowest BCUT2D eigenvalue weighted by Gasteiger charge is -2.09. The normalized spacial score (nSPS) is 11.6. The average Bonchev–Trinajstić information content (AvgIpc) is 2.55. The number of aryl methyl sites for hydroxylation is 1. The lowest BCUT2D eigenvalue weighted by molar-refractivity contribution is 0.479. The first kappa shape index (κ1) is 16.7. The van der Waals surface area contributed by atoms with Crippen molar-refractivity contribution >= 4 is 21.1 Å². The molecule has 0 fully saturated rings. The van der Waals surface area contributed by atoms with Gasteiger partial charge in [-0.2, -0.15) is 8.42 Å². The number of hydrogen-bond acceptors (Lipinski definition) is 7. The van der Waals surface area contributed by atoms with Crippen LogP contribution in [0.4, 0.5) is 0 Å². The lowest BCUT2D eigenvalue weighted by atomic mass is 10.2. The van der Waals surface area contributed by atoms with Crippen molar-refractivity contribution < 1.29 is 17.0 Å². The fraction of sp³-hybridized carbons (Fsp3) is 0.133. The number of aromatic nitrogens is 2. The molecule has 1 aromatic carbocycles. The van der Waals surface area contributed by atoms with Gasteiger partial charge >= 0.3 is 21.4 Å². The Morgan fingerprint density at radius 1 is 1.04 bits per heavy atom. The van der Waals surface area contributed by atoms with Crippen LogP contribution in [0.5, 0.6) is 5.75 Å². The van der Waals surface area contributed by atoms with E-state index in [1.807, 2.05) is 0 Å². The molecule has 3 aromatic rings. The van der Waals surface area contributed by atoms with E-state index in [0.29, 0.717) is 9.95 Å². The first-order chi connectivity index (χ1) is 11.7. The summed E-state index contributed by atoms with van der Waals surface area (Å²) in [7, 11) is -2.03. The number of hydrogen-bond donors (Lipinski definition) is 0. The average molecular weight is 364 g/mol. The highest BCUT2D eigenvalue weighted by Gasteiger charge is 2.24. The molecule has 0 N–H and O–H groups in total. The Morgan fingerprint density at radius 2 is 1.72 bits per heavy atom. The molecule has 0 spiro atoms. The van der Waals surface area contributed by atoms with Gasteiger partial charge in [-0.3, -0.25) is 9.36 Å². The van der Waals surface area contributed by atoms with Gasteiger partial charge in [0.05, 0.1) is 0 Å². The second-order valence-corrected chi connectivity index (χ2v) is 6.76. The van der Waals surface area contributed by atoms with Crippen molar-refractivity contribution in [1.82, 2.24) is 9.13 Å². The summed E-state index contributed by atoms with van der Waals surface area (Å²) in [5.41, 5.74) is -2.14. The van der Waals surface area contributed by atoms with Gasteiger partial charge in [-0.05, 0) is 18.2 Å². The van der Waals surface area contributed by atoms with Crippen molar-refractivity contribution in [3.05, 3.63) is 67.8 Å². The van der Waals surface area contributed by atoms with Crippen LogP contribution in [-0.4, -0.2) is 17.6 Å². The van der Waals surface area contributed by atoms with Gasteiger partial charge in [0.1, 0.15) is 11.3 Å². The molecule has 0 atom stereocenters. The second-order valence-electron chi connectivity index (χ2n) is 5.24. The summed E-state index contributed by atoms with van der Waals surface area (Å²) in [5.74, 6) is -0.141. The highest BCUT2D eigenvalue weighted by atomic mass is 32.2. The van der Waals surface area contributed by atoms with Gasteiger partial charge in [0.25, 0.3) is 5.56 Å². The molecule has 2 aromatic heterocycles. The van der Waals surface area contributed by atoms with Crippen LogP contribution in [-0.2, 0) is 24.2 Å². The van der Waals surface area contributed by atoms with Crippen molar-refractivity contribution in [2.75, 3.05) is 0 Å². The van der Waals surface area contributed by atoms with Crippen molar-refractivity contribution in [3.63, 3.8) is 0 Å². The van der Waals surface area contributed by atoms with Crippen LogP contribution in [0.15, 0.2) is 60.2 Å². The van der Waals surface area contributed by atoms with E-state index in [-0.39, 0.29) is 11.3 Å². The molecule has 0 amide bonds. The molecule has 0 aliphatic heterocycles. The van der Waals surface area contributed by atoms with E-state index in [4.69, 9.17) is 8.60 Å². The number of rotatable bonds is 3. The highest BCUT2D eigenvalue weighted by molar-refractivity contribution is 7.87. The van der Waals surface area contributed by atoms with E-state index in [0.717, 1.165) is 17.8 Å². The Kier molecular flexibility index (Phi) is 3.84. The van der Waals surface area contributed by atoms with E-state index in [9.17, 15) is 22.8 Å². The van der Waals surface area contributed by atoms with Gasteiger partial charge in [-0.15, -0.1) is 0 Å². The minimum atomic E-state index is -4.50. The predicted molar refractivity (Wildman–Crippen MR) is 87.2 cm³/mol. The highest BCUT2D eigenvalue weighted by Crippen LogP contribution is 2.22. The molecule has 0 aliphatic rings. The topological polar surface area (TPSA) is 118 Å². The summed E-state index contributed by atoms with van der Waals surface area (Å²) in [4.78, 5) is 34.3. The van der Waals surface area contributed by atoms with E-state index < -0.39 is 31.9 Å². The quantitative estimate of drug-likeness (QED) is 0.473. The Morgan fingerprint density at radius 3 is 2.44 bits per heavy atom. The molecule has 0 aliphatic carbocycles. The molecule has 0 bridgehead atoms. The number of nitrogens with zero attached hydrogens (tertiary/aromatic N) is 2. The SMILES string of the molecule is Cn1cc(S(=O)(=O)Oc2ccc3ccc(=O)oc3c2)c(=O)n(C)c1=O. The number of fused-ring (bicyclic) bond motifs is 1. The molecule has 2 heterocycles. The number of benzene rings is 1. The molecular weight excluding hydrogens is 352 g/mol. The molecule has 0 saturated carbocycles. The zero-order valence-electron chi connectivity index (χ0n) is 13.1. The Hall–Kier alpha value is -3.14. The monoisotopic (exact) mass is 364 g/mol. The van der Waals surface area contributed by atoms with Gasteiger partial charge in [0.15, 0.2) is 4.90 Å². The first-order valence-corrected chi connectivity index (χ1v) is 8.35. The van der Waals surface area contributed by atoms with Crippen LogP contribution in [0.1, 0.15) is 0 Å². The van der Waals surface area contributed by atoms with Gasteiger partial charge in [-0.25, -0.2) is 9.59 Å². The molecule has 25 heavy (non-hydrogen) atoms. The minimum absolute atomic E-state index is 0.133. The third kappa shape index (κ3) is 2.98. The van der Waals surface area contributed by atoms with Crippen LogP contribution in [0.25, 0.3) is 11.0 Å². The van der Waals surface area contributed by atoms with Crippen molar-refractivity contribution in [2.45, 2.75) is 4.90 Å². The zero-order chi connectivity index (χ0) is 18.4. The molecular formula is C15H12N2O7S. The van der Waals surface area contributed by atoms with Crippen LogP contribution in [0, 0.1) is 0 Å². The maximum atomic E-state index is 12.4. The molecule has 0 unspecified atom stereocenters. The van der Waals surface area contributed by atoms with Gasteiger partial charge in [0, 0.05) is 37.8 Å². The van der Waals surface area contributed by atoms with Gasteiger partial charge < -0.3 is 13.2 Å². The lowest BCUT2D eigenvalue weighted by Crippen LogP contribution is -2.39. The molecule has 130 valence electrons. The minimum Gasteiger partial charge on any atom is -0.423 e. The summed E-state index contributed by atoms with van der Waals surface area (Å²) in [6.07, 6.45) is 0.890. The van der Waals surface area contributed by atoms with E-state index in [2.05, 4.69) is 0 Å². The van der Waals surface area contributed by atoms with E-state index in [1.54, 1.807) is 0 Å². The third-order valence-electron chi connectivity index (χ3n) is 3.48. The van der Waals surface area contributed by atoms with Crippen LogP contribution < -0.4 is 21.1 Å². The van der Waals surface area contributed by atoms with E-state index >= 15 is 0 Å². The molecule has 0 radical (unpaired) electrons. The maximum Gasteiger partial charge on any atom is 0.346 e. The summed E-state index contributed by atoms with van der Waals surface area (Å²) in [6.45, 7) is 0. The Labute approximate surface area is 140 Å². The zero-order valence-corrected chi connectivity index (χ0v) is 13.9. The fourth-order valence-electron chi connectivity index (χ4n) is 2.21. The van der Waals surface area contributed by atoms with Crippen molar-refractivity contribution in [2.24, 2.45) is 14.1 Å². The molecule has 0 saturated heterocycles. The fourth-order valence-corrected chi connectivity index (χ4v) is 3.30. The van der Waals surface area contributed by atoms with Crippen LogP contribution >= 0.6 is 0 Å². The molecule has 3 rings (SSSR count). The Balaban J connectivity index is 2.10. The van der Waals surface area contributed by atoms with E-state index in [1.165, 1.54) is 37.4 Å². The summed E-state index contributed by atoms with van der Waals surface area (Å²) in [5, 5.41) is 0.572.